The highest BCUT2D eigenvalue weighted by atomic mass is 19.4. The molecule has 0 radical (unpaired) electrons. The third-order valence-corrected chi connectivity index (χ3v) is 5.47. The summed E-state index contributed by atoms with van der Waals surface area (Å²) in [5.74, 6) is -0.724. The van der Waals surface area contributed by atoms with Crippen LogP contribution in [0.3, 0.4) is 0 Å². The van der Waals surface area contributed by atoms with Gasteiger partial charge in [-0.2, -0.15) is 13.2 Å². The molecule has 0 spiro atoms. The van der Waals surface area contributed by atoms with E-state index in [1.54, 1.807) is 6.92 Å². The number of hydrogen-bond acceptors (Lipinski definition) is 4. The quantitative estimate of drug-likeness (QED) is 0.731. The molecular weight excluding hydrogens is 399 g/mol. The number of hydrogen-bond donors (Lipinski definition) is 1. The van der Waals surface area contributed by atoms with Gasteiger partial charge in [-0.25, -0.2) is 9.59 Å². The SMILES string of the molecule is CCOC(=O)C1=C(CN2CCCCC2)N(C)C(=O)NC1c1ccccc1C(F)(F)F. The number of carbonyl (C=O) groups excluding carboxylic acids is 2. The van der Waals surface area contributed by atoms with Crippen LogP contribution in [0.5, 0.6) is 0 Å². The van der Waals surface area contributed by atoms with E-state index in [4.69, 9.17) is 4.74 Å². The van der Waals surface area contributed by atoms with E-state index in [2.05, 4.69) is 10.2 Å². The Balaban J connectivity index is 2.13. The third kappa shape index (κ3) is 4.61. The Morgan fingerprint density at radius 1 is 1.20 bits per heavy atom. The Bertz CT molecular complexity index is 832. The van der Waals surface area contributed by atoms with Crippen molar-refractivity contribution in [1.29, 1.82) is 0 Å². The molecule has 6 nitrogen and oxygen atoms in total. The van der Waals surface area contributed by atoms with Crippen molar-refractivity contribution >= 4 is 12.0 Å². The summed E-state index contributed by atoms with van der Waals surface area (Å²) in [5, 5.41) is 2.56. The minimum absolute atomic E-state index is 0.0428. The van der Waals surface area contributed by atoms with Gasteiger partial charge in [0.05, 0.1) is 23.8 Å². The first-order valence-electron chi connectivity index (χ1n) is 10.1. The molecule has 2 heterocycles. The van der Waals surface area contributed by atoms with Crippen LogP contribution < -0.4 is 5.32 Å². The summed E-state index contributed by atoms with van der Waals surface area (Å²) in [6.45, 7) is 3.61. The van der Waals surface area contributed by atoms with Crippen LogP contribution in [-0.4, -0.2) is 55.1 Å². The topological polar surface area (TPSA) is 61.9 Å². The van der Waals surface area contributed by atoms with Crippen LogP contribution in [0, 0.1) is 0 Å². The molecule has 2 aliphatic heterocycles. The molecule has 0 saturated carbocycles. The number of ether oxygens (including phenoxy) is 1. The lowest BCUT2D eigenvalue weighted by atomic mass is 9.90. The second-order valence-electron chi connectivity index (χ2n) is 7.44. The molecule has 0 aromatic heterocycles. The first kappa shape index (κ1) is 22.1. The van der Waals surface area contributed by atoms with Crippen LogP contribution >= 0.6 is 0 Å². The number of likely N-dealkylation sites (tertiary alicyclic amines) is 1. The van der Waals surface area contributed by atoms with Gasteiger partial charge in [-0.05, 0) is 44.5 Å². The molecule has 1 fully saturated rings. The molecular formula is C21H26F3N3O3. The predicted molar refractivity (Wildman–Crippen MR) is 104 cm³/mol. The number of nitrogens with zero attached hydrogens (tertiary/aromatic N) is 2. The van der Waals surface area contributed by atoms with E-state index in [9.17, 15) is 22.8 Å². The number of piperidine rings is 1. The fraction of sp³-hybridized carbons (Fsp3) is 0.524. The lowest BCUT2D eigenvalue weighted by molar-refractivity contribution is -0.141. The van der Waals surface area contributed by atoms with Gasteiger partial charge in [0.25, 0.3) is 0 Å². The first-order valence-corrected chi connectivity index (χ1v) is 10.1. The number of benzene rings is 1. The van der Waals surface area contributed by atoms with Crippen molar-refractivity contribution in [1.82, 2.24) is 15.1 Å². The molecule has 1 aromatic carbocycles. The van der Waals surface area contributed by atoms with Gasteiger partial charge in [-0.3, -0.25) is 9.80 Å². The molecule has 2 amide bonds. The number of alkyl halides is 3. The maximum Gasteiger partial charge on any atom is 0.416 e. The Morgan fingerprint density at radius 2 is 1.87 bits per heavy atom. The normalized spacial score (nSPS) is 20.9. The smallest absolute Gasteiger partial charge is 0.416 e. The van der Waals surface area contributed by atoms with Crippen molar-refractivity contribution in [2.45, 2.75) is 38.4 Å². The minimum Gasteiger partial charge on any atom is -0.463 e. The van der Waals surface area contributed by atoms with Crippen molar-refractivity contribution in [3.05, 3.63) is 46.7 Å². The highest BCUT2D eigenvalue weighted by Gasteiger charge is 2.42. The number of rotatable bonds is 5. The summed E-state index contributed by atoms with van der Waals surface area (Å²) in [6.07, 6.45) is -1.52. The van der Waals surface area contributed by atoms with Crippen molar-refractivity contribution in [2.75, 3.05) is 33.3 Å². The van der Waals surface area contributed by atoms with Gasteiger partial charge in [0.2, 0.25) is 0 Å². The molecule has 9 heteroatoms. The second kappa shape index (κ2) is 9.07. The number of nitrogens with one attached hydrogen (secondary N) is 1. The van der Waals surface area contributed by atoms with Crippen LogP contribution in [0.1, 0.15) is 43.4 Å². The number of esters is 1. The number of amides is 2. The van der Waals surface area contributed by atoms with Crippen molar-refractivity contribution in [2.24, 2.45) is 0 Å². The first-order chi connectivity index (χ1) is 14.2. The van der Waals surface area contributed by atoms with E-state index in [-0.39, 0.29) is 17.7 Å². The van der Waals surface area contributed by atoms with Crippen LogP contribution in [0.15, 0.2) is 35.5 Å². The predicted octanol–water partition coefficient (Wildman–Crippen LogP) is 3.70. The molecule has 1 unspecified atom stereocenters. The molecule has 164 valence electrons. The van der Waals surface area contributed by atoms with E-state index in [0.29, 0.717) is 12.2 Å². The molecule has 2 aliphatic rings. The molecule has 3 rings (SSSR count). The average Bonchev–Trinajstić information content (AvgIpc) is 2.71. The van der Waals surface area contributed by atoms with Gasteiger partial charge < -0.3 is 10.1 Å². The maximum absolute atomic E-state index is 13.7. The van der Waals surface area contributed by atoms with Gasteiger partial charge in [0.1, 0.15) is 0 Å². The van der Waals surface area contributed by atoms with Crippen LogP contribution in [0.2, 0.25) is 0 Å². The zero-order valence-corrected chi connectivity index (χ0v) is 17.1. The van der Waals surface area contributed by atoms with Crippen LogP contribution in [0.4, 0.5) is 18.0 Å². The van der Waals surface area contributed by atoms with E-state index in [1.165, 1.54) is 30.1 Å². The van der Waals surface area contributed by atoms with Crippen LogP contribution in [0.25, 0.3) is 0 Å². The summed E-state index contributed by atoms with van der Waals surface area (Å²) in [5.41, 5.74) is -0.646. The Morgan fingerprint density at radius 3 is 2.50 bits per heavy atom. The summed E-state index contributed by atoms with van der Waals surface area (Å²) >= 11 is 0. The molecule has 0 aliphatic carbocycles. The highest BCUT2D eigenvalue weighted by molar-refractivity contribution is 5.95. The zero-order chi connectivity index (χ0) is 21.9. The number of likely N-dealkylation sites (N-methyl/N-ethyl adjacent to an activating group) is 1. The molecule has 30 heavy (non-hydrogen) atoms. The molecule has 1 saturated heterocycles. The third-order valence-electron chi connectivity index (χ3n) is 5.47. The number of halogens is 3. The van der Waals surface area contributed by atoms with E-state index < -0.39 is 29.8 Å². The molecule has 1 atom stereocenters. The van der Waals surface area contributed by atoms with Crippen LogP contribution in [-0.2, 0) is 15.7 Å². The van der Waals surface area contributed by atoms with Crippen molar-refractivity contribution in [3.63, 3.8) is 0 Å². The lowest BCUT2D eigenvalue weighted by Crippen LogP contribution is -2.50. The Labute approximate surface area is 173 Å². The Kier molecular flexibility index (Phi) is 6.70. The lowest BCUT2D eigenvalue weighted by Gasteiger charge is -2.38. The number of urea groups is 1. The average molecular weight is 425 g/mol. The van der Waals surface area contributed by atoms with Gasteiger partial charge >= 0.3 is 18.2 Å². The van der Waals surface area contributed by atoms with Crippen molar-refractivity contribution < 1.29 is 27.5 Å². The van der Waals surface area contributed by atoms with E-state index >= 15 is 0 Å². The fourth-order valence-electron chi connectivity index (χ4n) is 3.97. The highest BCUT2D eigenvalue weighted by Crippen LogP contribution is 2.39. The van der Waals surface area contributed by atoms with Gasteiger partial charge in [0, 0.05) is 19.3 Å². The van der Waals surface area contributed by atoms with Gasteiger partial charge in [-0.15, -0.1) is 0 Å². The summed E-state index contributed by atoms with van der Waals surface area (Å²) < 4.78 is 46.2. The number of carbonyl (C=O) groups is 2. The maximum atomic E-state index is 13.7. The van der Waals surface area contributed by atoms with Gasteiger partial charge in [0.15, 0.2) is 0 Å². The van der Waals surface area contributed by atoms with E-state index in [0.717, 1.165) is 38.4 Å². The molecule has 1 aromatic rings. The zero-order valence-electron chi connectivity index (χ0n) is 17.1. The minimum atomic E-state index is -4.63. The standard InChI is InChI=1S/C21H26F3N3O3/c1-3-30-19(28)17-16(13-27-11-7-4-8-12-27)26(2)20(29)25-18(17)14-9-5-6-10-15(14)21(22,23)24/h5-6,9-10,18H,3-4,7-8,11-13H2,1-2H3,(H,25,29). The largest absolute Gasteiger partial charge is 0.463 e. The second-order valence-corrected chi connectivity index (χ2v) is 7.44. The summed E-state index contributed by atoms with van der Waals surface area (Å²) in [6, 6.07) is 3.18. The van der Waals surface area contributed by atoms with Gasteiger partial charge in [-0.1, -0.05) is 24.6 Å². The molecule has 1 N–H and O–H groups in total. The Hall–Kier alpha value is -2.55. The molecule has 0 bridgehead atoms. The monoisotopic (exact) mass is 425 g/mol. The summed E-state index contributed by atoms with van der Waals surface area (Å²) in [4.78, 5) is 28.9. The summed E-state index contributed by atoms with van der Waals surface area (Å²) in [7, 11) is 1.51. The fourth-order valence-corrected chi connectivity index (χ4v) is 3.97. The van der Waals surface area contributed by atoms with Crippen molar-refractivity contribution in [3.8, 4) is 0 Å². The van der Waals surface area contributed by atoms with E-state index in [1.807, 2.05) is 0 Å².